The fourth-order valence-electron chi connectivity index (χ4n) is 2.08. The molecular weight excluding hydrogens is 322 g/mol. The summed E-state index contributed by atoms with van der Waals surface area (Å²) in [7, 11) is -3.40. The van der Waals surface area contributed by atoms with Crippen molar-refractivity contribution in [3.8, 4) is 5.75 Å². The van der Waals surface area contributed by atoms with Crippen LogP contribution in [0.3, 0.4) is 0 Å². The Labute approximate surface area is 136 Å². The number of halogens is 1. The SMILES string of the molecule is CCOc1ccc(N(Cc2cccc(Cl)c2)S(C)(=O)=O)cc1. The topological polar surface area (TPSA) is 46.6 Å². The molecule has 2 aromatic carbocycles. The zero-order chi connectivity index (χ0) is 16.2. The van der Waals surface area contributed by atoms with E-state index in [0.29, 0.717) is 23.1 Å². The Kier molecular flexibility index (Phi) is 5.32. The number of ether oxygens (including phenoxy) is 1. The fraction of sp³-hybridized carbons (Fsp3) is 0.250. The summed E-state index contributed by atoms with van der Waals surface area (Å²) in [4.78, 5) is 0. The van der Waals surface area contributed by atoms with Crippen molar-refractivity contribution in [2.75, 3.05) is 17.2 Å². The van der Waals surface area contributed by atoms with E-state index in [1.165, 1.54) is 10.6 Å². The number of rotatable bonds is 6. The lowest BCUT2D eigenvalue weighted by Gasteiger charge is -2.23. The van der Waals surface area contributed by atoms with E-state index < -0.39 is 10.0 Å². The molecule has 0 aliphatic heterocycles. The summed E-state index contributed by atoms with van der Waals surface area (Å²) in [6.07, 6.45) is 1.19. The molecule has 0 aromatic heterocycles. The van der Waals surface area contributed by atoms with Crippen molar-refractivity contribution in [2.24, 2.45) is 0 Å². The van der Waals surface area contributed by atoms with Crippen LogP contribution < -0.4 is 9.04 Å². The first kappa shape index (κ1) is 16.6. The van der Waals surface area contributed by atoms with E-state index in [1.54, 1.807) is 42.5 Å². The molecule has 6 heteroatoms. The highest BCUT2D eigenvalue weighted by Crippen LogP contribution is 2.24. The first-order valence-corrected chi connectivity index (χ1v) is 9.08. The van der Waals surface area contributed by atoms with Crippen LogP contribution in [0.15, 0.2) is 48.5 Å². The minimum absolute atomic E-state index is 0.230. The van der Waals surface area contributed by atoms with Crippen molar-refractivity contribution in [1.82, 2.24) is 0 Å². The molecule has 0 saturated heterocycles. The van der Waals surface area contributed by atoms with Crippen LogP contribution in [-0.4, -0.2) is 21.3 Å². The Hall–Kier alpha value is -1.72. The van der Waals surface area contributed by atoms with E-state index in [9.17, 15) is 8.42 Å². The third kappa shape index (κ3) is 4.39. The lowest BCUT2D eigenvalue weighted by molar-refractivity contribution is 0.340. The summed E-state index contributed by atoms with van der Waals surface area (Å²) >= 11 is 5.96. The number of anilines is 1. The zero-order valence-electron chi connectivity index (χ0n) is 12.5. The largest absolute Gasteiger partial charge is 0.494 e. The Bertz CT molecular complexity index is 729. The Morgan fingerprint density at radius 2 is 1.82 bits per heavy atom. The molecule has 0 bridgehead atoms. The van der Waals surface area contributed by atoms with E-state index in [2.05, 4.69) is 0 Å². The van der Waals surface area contributed by atoms with Crippen LogP contribution in [0, 0.1) is 0 Å². The van der Waals surface area contributed by atoms with Gasteiger partial charge in [-0.3, -0.25) is 4.31 Å². The fourth-order valence-corrected chi connectivity index (χ4v) is 3.18. The van der Waals surface area contributed by atoms with Crippen molar-refractivity contribution in [3.63, 3.8) is 0 Å². The molecule has 0 fully saturated rings. The maximum absolute atomic E-state index is 12.1. The predicted molar refractivity (Wildman–Crippen MR) is 90.1 cm³/mol. The van der Waals surface area contributed by atoms with E-state index in [1.807, 2.05) is 13.0 Å². The van der Waals surface area contributed by atoms with E-state index in [0.717, 1.165) is 5.56 Å². The summed E-state index contributed by atoms with van der Waals surface area (Å²) in [5.41, 5.74) is 1.41. The lowest BCUT2D eigenvalue weighted by Crippen LogP contribution is -2.29. The smallest absolute Gasteiger partial charge is 0.232 e. The summed E-state index contributed by atoms with van der Waals surface area (Å²) in [5.74, 6) is 0.711. The van der Waals surface area contributed by atoms with E-state index in [-0.39, 0.29) is 6.54 Å². The molecule has 0 N–H and O–H groups in total. The van der Waals surface area contributed by atoms with Gasteiger partial charge in [-0.1, -0.05) is 23.7 Å². The van der Waals surface area contributed by atoms with Gasteiger partial charge in [0.1, 0.15) is 5.75 Å². The molecule has 0 amide bonds. The Morgan fingerprint density at radius 1 is 1.14 bits per heavy atom. The molecule has 0 spiro atoms. The molecule has 0 unspecified atom stereocenters. The summed E-state index contributed by atoms with van der Waals surface area (Å²) < 4.78 is 30.9. The molecule has 0 radical (unpaired) electrons. The van der Waals surface area contributed by atoms with Gasteiger partial charge in [0.2, 0.25) is 10.0 Å². The normalized spacial score (nSPS) is 11.2. The number of nitrogens with zero attached hydrogens (tertiary/aromatic N) is 1. The first-order chi connectivity index (χ1) is 10.4. The van der Waals surface area contributed by atoms with Gasteiger partial charge >= 0.3 is 0 Å². The molecule has 0 aliphatic rings. The van der Waals surface area contributed by atoms with E-state index >= 15 is 0 Å². The van der Waals surface area contributed by atoms with E-state index in [4.69, 9.17) is 16.3 Å². The molecular formula is C16H18ClNO3S. The van der Waals surface area contributed by atoms with Crippen LogP contribution in [0.25, 0.3) is 0 Å². The van der Waals surface area contributed by atoms with Crippen molar-refractivity contribution in [1.29, 1.82) is 0 Å². The molecule has 2 aromatic rings. The third-order valence-corrected chi connectivity index (χ3v) is 4.43. The van der Waals surface area contributed by atoms with Gasteiger partial charge in [0, 0.05) is 5.02 Å². The van der Waals surface area contributed by atoms with Crippen molar-refractivity contribution < 1.29 is 13.2 Å². The minimum atomic E-state index is -3.40. The second-order valence-corrected chi connectivity index (χ2v) is 7.17. The molecule has 0 heterocycles. The number of hydrogen-bond donors (Lipinski definition) is 0. The maximum Gasteiger partial charge on any atom is 0.232 e. The number of sulfonamides is 1. The Balaban J connectivity index is 2.30. The van der Waals surface area contributed by atoms with Crippen LogP contribution in [0.5, 0.6) is 5.75 Å². The average molecular weight is 340 g/mol. The quantitative estimate of drug-likeness (QED) is 0.806. The van der Waals surface area contributed by atoms with Crippen LogP contribution >= 0.6 is 11.6 Å². The summed E-state index contributed by atoms with van der Waals surface area (Å²) in [6.45, 7) is 2.70. The van der Waals surface area contributed by atoms with Gasteiger partial charge in [-0.05, 0) is 48.9 Å². The lowest BCUT2D eigenvalue weighted by atomic mass is 10.2. The van der Waals surface area contributed by atoms with Crippen molar-refractivity contribution >= 4 is 27.3 Å². The summed E-state index contributed by atoms with van der Waals surface area (Å²) in [6, 6.07) is 14.1. The highest BCUT2D eigenvalue weighted by Gasteiger charge is 2.18. The highest BCUT2D eigenvalue weighted by molar-refractivity contribution is 7.92. The third-order valence-electron chi connectivity index (χ3n) is 3.05. The van der Waals surface area contributed by atoms with Crippen molar-refractivity contribution in [2.45, 2.75) is 13.5 Å². The standard InChI is InChI=1S/C16H18ClNO3S/c1-3-21-16-9-7-15(8-10-16)18(22(2,19)20)12-13-5-4-6-14(17)11-13/h4-11H,3,12H2,1-2H3. The molecule has 118 valence electrons. The number of benzene rings is 2. The van der Waals surface area contributed by atoms with Gasteiger partial charge < -0.3 is 4.74 Å². The highest BCUT2D eigenvalue weighted by atomic mass is 35.5. The van der Waals surface area contributed by atoms with Crippen molar-refractivity contribution in [3.05, 3.63) is 59.1 Å². The second-order valence-electron chi connectivity index (χ2n) is 4.83. The van der Waals surface area contributed by atoms with Gasteiger partial charge in [0.15, 0.2) is 0 Å². The molecule has 0 saturated carbocycles. The van der Waals surface area contributed by atoms with Gasteiger partial charge in [0.05, 0.1) is 25.1 Å². The predicted octanol–water partition coefficient (Wildman–Crippen LogP) is 3.70. The summed E-state index contributed by atoms with van der Waals surface area (Å²) in [5, 5.41) is 0.581. The molecule has 2 rings (SSSR count). The maximum atomic E-state index is 12.1. The second kappa shape index (κ2) is 7.03. The minimum Gasteiger partial charge on any atom is -0.494 e. The van der Waals surface area contributed by atoms with Crippen LogP contribution in [0.2, 0.25) is 5.02 Å². The molecule has 0 atom stereocenters. The van der Waals surface area contributed by atoms with Gasteiger partial charge in [-0.2, -0.15) is 0 Å². The zero-order valence-corrected chi connectivity index (χ0v) is 14.1. The van der Waals surface area contributed by atoms with Gasteiger partial charge in [-0.25, -0.2) is 8.42 Å². The molecule has 4 nitrogen and oxygen atoms in total. The molecule has 22 heavy (non-hydrogen) atoms. The molecule has 0 aliphatic carbocycles. The monoisotopic (exact) mass is 339 g/mol. The van der Waals surface area contributed by atoms with Crippen LogP contribution in [0.4, 0.5) is 5.69 Å². The number of hydrogen-bond acceptors (Lipinski definition) is 3. The average Bonchev–Trinajstić information content (AvgIpc) is 2.45. The Morgan fingerprint density at radius 3 is 2.36 bits per heavy atom. The van der Waals surface area contributed by atoms with Gasteiger partial charge in [-0.15, -0.1) is 0 Å². The van der Waals surface area contributed by atoms with Gasteiger partial charge in [0.25, 0.3) is 0 Å². The first-order valence-electron chi connectivity index (χ1n) is 6.85. The van der Waals surface area contributed by atoms with Crippen LogP contribution in [-0.2, 0) is 16.6 Å². The van der Waals surface area contributed by atoms with Crippen LogP contribution in [0.1, 0.15) is 12.5 Å².